The summed E-state index contributed by atoms with van der Waals surface area (Å²) in [6.07, 6.45) is 0. The molecule has 0 amide bonds. The van der Waals surface area contributed by atoms with E-state index in [0.29, 0.717) is 0 Å². The van der Waals surface area contributed by atoms with Crippen molar-refractivity contribution in [3.8, 4) is 0 Å². The Labute approximate surface area is 178 Å². The van der Waals surface area contributed by atoms with Crippen molar-refractivity contribution in [3.63, 3.8) is 0 Å². The largest absolute Gasteiger partial charge is 1.00 e. The summed E-state index contributed by atoms with van der Waals surface area (Å²) in [6.45, 7) is 0. The maximum absolute atomic E-state index is 0. The molecule has 0 N–H and O–H groups in total. The van der Waals surface area contributed by atoms with E-state index in [9.17, 15) is 0 Å². The Bertz CT molecular complexity index is 10.1. The van der Waals surface area contributed by atoms with Gasteiger partial charge in [0, 0.05) is 26.2 Å². The van der Waals surface area contributed by atoms with Crippen LogP contribution in [0.5, 0.6) is 0 Å². The summed E-state index contributed by atoms with van der Waals surface area (Å²) in [5.41, 5.74) is 0. The quantitative estimate of drug-likeness (QED) is 0.387. The van der Waals surface area contributed by atoms with Crippen LogP contribution in [0.3, 0.4) is 0 Å². The SMILES string of the molecule is [Bi].[H-].[H-].[H-].[K+].[K+].[K+]. The molecule has 0 heterocycles. The smallest absolute Gasteiger partial charge is 1.00 e. The number of hydrogen-bond acceptors (Lipinski definition) is 0. The molecule has 0 saturated heterocycles. The minimum absolute atomic E-state index is 0. The molecule has 0 aromatic heterocycles. The van der Waals surface area contributed by atoms with Crippen molar-refractivity contribution >= 4 is 26.2 Å². The molecular formula is H3BiK3. The van der Waals surface area contributed by atoms with E-state index in [1.54, 1.807) is 0 Å². The van der Waals surface area contributed by atoms with E-state index < -0.39 is 0 Å². The van der Waals surface area contributed by atoms with Crippen LogP contribution < -0.4 is 154 Å². The maximum atomic E-state index is 0. The van der Waals surface area contributed by atoms with Gasteiger partial charge in [0.1, 0.15) is 0 Å². The summed E-state index contributed by atoms with van der Waals surface area (Å²) < 4.78 is 0. The molecule has 0 aliphatic rings. The molecule has 0 atom stereocenters. The molecule has 0 nitrogen and oxygen atoms in total. The molecule has 0 aromatic rings. The second-order valence-corrected chi connectivity index (χ2v) is 0. The van der Waals surface area contributed by atoms with Crippen molar-refractivity contribution in [3.05, 3.63) is 0 Å². The van der Waals surface area contributed by atoms with Crippen LogP contribution in [0.1, 0.15) is 4.28 Å². The average Bonchev–Trinajstić information content (AvgIpc) is 0. The third-order valence-corrected chi connectivity index (χ3v) is 0. The molecule has 0 unspecified atom stereocenters. The molecule has 0 aromatic carbocycles. The summed E-state index contributed by atoms with van der Waals surface area (Å²) in [5.74, 6) is 0. The van der Waals surface area contributed by atoms with E-state index >= 15 is 0 Å². The average molecular weight is 329 g/mol. The van der Waals surface area contributed by atoms with Gasteiger partial charge in [-0.05, 0) is 0 Å². The first kappa shape index (κ1) is 22.6. The van der Waals surface area contributed by atoms with Crippen LogP contribution in [0.25, 0.3) is 0 Å². The van der Waals surface area contributed by atoms with Crippen LogP contribution in [0.4, 0.5) is 0 Å². The van der Waals surface area contributed by atoms with Gasteiger partial charge in [-0.25, -0.2) is 0 Å². The number of rotatable bonds is 0. The van der Waals surface area contributed by atoms with Crippen molar-refractivity contribution in [1.82, 2.24) is 0 Å². The van der Waals surface area contributed by atoms with E-state index in [2.05, 4.69) is 0 Å². The monoisotopic (exact) mass is 329 g/mol. The van der Waals surface area contributed by atoms with Crippen LogP contribution >= 0.6 is 0 Å². The summed E-state index contributed by atoms with van der Waals surface area (Å²) >= 11 is 0. The predicted octanol–water partition coefficient (Wildman–Crippen LogP) is -9.03. The summed E-state index contributed by atoms with van der Waals surface area (Å²) in [6, 6.07) is 0. The van der Waals surface area contributed by atoms with Crippen LogP contribution in [-0.2, 0) is 0 Å². The van der Waals surface area contributed by atoms with Crippen molar-refractivity contribution in [2.75, 3.05) is 0 Å². The molecule has 0 bridgehead atoms. The first-order valence-electron chi connectivity index (χ1n) is 0. The summed E-state index contributed by atoms with van der Waals surface area (Å²) in [4.78, 5) is 0. The van der Waals surface area contributed by atoms with Crippen molar-refractivity contribution in [2.45, 2.75) is 0 Å². The molecule has 0 spiro atoms. The fourth-order valence-corrected chi connectivity index (χ4v) is 0. The van der Waals surface area contributed by atoms with Crippen molar-refractivity contribution < 1.29 is 158 Å². The van der Waals surface area contributed by atoms with E-state index in [1.165, 1.54) is 0 Å². The van der Waals surface area contributed by atoms with E-state index in [0.717, 1.165) is 0 Å². The Balaban J connectivity index is 0. The Morgan fingerprint density at radius 2 is 0.750 bits per heavy atom. The Hall–Kier alpha value is 5.79. The van der Waals surface area contributed by atoms with Crippen LogP contribution in [0.2, 0.25) is 0 Å². The fourth-order valence-electron chi connectivity index (χ4n) is 0. The summed E-state index contributed by atoms with van der Waals surface area (Å²) in [7, 11) is 0. The zero-order valence-electron chi connectivity index (χ0n) is 6.45. The molecule has 11 valence electrons. The topological polar surface area (TPSA) is 0 Å². The second-order valence-electron chi connectivity index (χ2n) is 0. The molecule has 3 radical (unpaired) electrons. The van der Waals surface area contributed by atoms with Gasteiger partial charge < -0.3 is 4.28 Å². The zero-order valence-corrected chi connectivity index (χ0v) is 16.3. The van der Waals surface area contributed by atoms with E-state index in [1.807, 2.05) is 0 Å². The van der Waals surface area contributed by atoms with Gasteiger partial charge in [-0.1, -0.05) is 0 Å². The molecule has 4 heavy (non-hydrogen) atoms. The van der Waals surface area contributed by atoms with Gasteiger partial charge in [-0.3, -0.25) is 0 Å². The van der Waals surface area contributed by atoms with Gasteiger partial charge in [0.25, 0.3) is 0 Å². The number of hydrogen-bond donors (Lipinski definition) is 0. The van der Waals surface area contributed by atoms with Crippen molar-refractivity contribution in [1.29, 1.82) is 0 Å². The van der Waals surface area contributed by atoms with Gasteiger partial charge in [0.2, 0.25) is 0 Å². The van der Waals surface area contributed by atoms with E-state index in [-0.39, 0.29) is 185 Å². The minimum Gasteiger partial charge on any atom is -1.00 e. The third-order valence-electron chi connectivity index (χ3n) is 0. The minimum atomic E-state index is 0. The zero-order chi connectivity index (χ0) is 0. The molecule has 0 fully saturated rings. The van der Waals surface area contributed by atoms with Gasteiger partial charge in [-0.2, -0.15) is 0 Å². The second kappa shape index (κ2) is 15.9. The van der Waals surface area contributed by atoms with Crippen LogP contribution in [0.15, 0.2) is 0 Å². The first-order chi connectivity index (χ1) is 0. The Kier molecular flexibility index (Phi) is 89.8. The molecule has 0 rings (SSSR count). The molecule has 0 aliphatic carbocycles. The van der Waals surface area contributed by atoms with Gasteiger partial charge in [0.05, 0.1) is 0 Å². The van der Waals surface area contributed by atoms with Gasteiger partial charge >= 0.3 is 154 Å². The Morgan fingerprint density at radius 3 is 0.750 bits per heavy atom. The Morgan fingerprint density at radius 1 is 0.750 bits per heavy atom. The normalized spacial score (nSPS) is 0. The van der Waals surface area contributed by atoms with Gasteiger partial charge in [-0.15, -0.1) is 0 Å². The standard InChI is InChI=1S/Bi.3K.3H/q;3*+1;3*-1. The predicted molar refractivity (Wildman–Crippen MR) is 9.09 cm³/mol. The maximum Gasteiger partial charge on any atom is 1.00 e. The summed E-state index contributed by atoms with van der Waals surface area (Å²) in [5, 5.41) is 0. The van der Waals surface area contributed by atoms with Crippen molar-refractivity contribution in [2.24, 2.45) is 0 Å². The molecule has 0 aliphatic heterocycles. The fraction of sp³-hybridized carbons (Fsp3) is 0. The molecular weight excluding hydrogens is 326 g/mol. The van der Waals surface area contributed by atoms with Gasteiger partial charge in [0.15, 0.2) is 0 Å². The molecule has 0 saturated carbocycles. The van der Waals surface area contributed by atoms with Crippen LogP contribution in [-0.4, -0.2) is 26.2 Å². The van der Waals surface area contributed by atoms with E-state index in [4.69, 9.17) is 0 Å². The third kappa shape index (κ3) is 10.7. The first-order valence-corrected chi connectivity index (χ1v) is 0. The molecule has 4 heteroatoms. The van der Waals surface area contributed by atoms with Crippen LogP contribution in [0, 0.1) is 0 Å².